The van der Waals surface area contributed by atoms with Crippen molar-refractivity contribution in [1.29, 1.82) is 0 Å². The highest BCUT2D eigenvalue weighted by molar-refractivity contribution is 7.07. The van der Waals surface area contributed by atoms with Crippen LogP contribution in [0.25, 0.3) is 0 Å². The maximum atomic E-state index is 12.8. The van der Waals surface area contributed by atoms with Crippen LogP contribution in [0.2, 0.25) is 0 Å². The first kappa shape index (κ1) is 19.1. The van der Waals surface area contributed by atoms with E-state index in [2.05, 4.69) is 36.3 Å². The molecular weight excluding hydrogens is 356 g/mol. The van der Waals surface area contributed by atoms with Crippen molar-refractivity contribution >= 4 is 17.2 Å². The van der Waals surface area contributed by atoms with Crippen LogP contribution in [0.3, 0.4) is 0 Å². The van der Waals surface area contributed by atoms with Crippen LogP contribution < -0.4 is 10.1 Å². The number of hydrogen-bond acceptors (Lipinski definition) is 4. The van der Waals surface area contributed by atoms with Gasteiger partial charge in [-0.3, -0.25) is 4.79 Å². The van der Waals surface area contributed by atoms with Crippen LogP contribution in [0.4, 0.5) is 0 Å². The maximum absolute atomic E-state index is 12.8. The molecule has 0 saturated heterocycles. The van der Waals surface area contributed by atoms with Gasteiger partial charge in [0.05, 0.1) is 17.2 Å². The fourth-order valence-electron chi connectivity index (χ4n) is 2.87. The predicted octanol–water partition coefficient (Wildman–Crippen LogP) is 5.24. The van der Waals surface area contributed by atoms with Crippen LogP contribution >= 0.6 is 11.3 Å². The first-order chi connectivity index (χ1) is 13.1. The summed E-state index contributed by atoms with van der Waals surface area (Å²) in [6.45, 7) is 4.72. The van der Waals surface area contributed by atoms with Crippen molar-refractivity contribution in [1.82, 2.24) is 10.3 Å². The Hall–Kier alpha value is -2.66. The summed E-state index contributed by atoms with van der Waals surface area (Å²) in [5, 5.41) is 5.12. The highest BCUT2D eigenvalue weighted by Crippen LogP contribution is 2.22. The second-order valence-corrected chi connectivity index (χ2v) is 7.58. The molecule has 27 heavy (non-hydrogen) atoms. The fraction of sp³-hybridized carbons (Fsp3) is 0.273. The van der Waals surface area contributed by atoms with Crippen molar-refractivity contribution in [2.75, 3.05) is 0 Å². The number of benzene rings is 2. The Morgan fingerprint density at radius 2 is 1.96 bits per heavy atom. The van der Waals surface area contributed by atoms with E-state index in [1.807, 2.05) is 41.8 Å². The number of nitrogens with one attached hydrogen (secondary N) is 1. The molecule has 140 valence electrons. The minimum atomic E-state index is -0.0939. The van der Waals surface area contributed by atoms with E-state index in [0.29, 0.717) is 23.8 Å². The molecule has 1 unspecified atom stereocenters. The van der Waals surface area contributed by atoms with Crippen LogP contribution in [0, 0.1) is 5.92 Å². The van der Waals surface area contributed by atoms with Crippen molar-refractivity contribution in [3.8, 4) is 5.75 Å². The molecule has 0 spiro atoms. The molecule has 1 atom stereocenters. The third-order valence-electron chi connectivity index (χ3n) is 4.18. The van der Waals surface area contributed by atoms with Gasteiger partial charge in [-0.25, -0.2) is 4.98 Å². The normalized spacial score (nSPS) is 12.0. The van der Waals surface area contributed by atoms with E-state index in [9.17, 15) is 4.79 Å². The molecule has 5 heteroatoms. The van der Waals surface area contributed by atoms with Gasteiger partial charge in [-0.15, -0.1) is 11.3 Å². The molecule has 1 aromatic heterocycles. The molecule has 1 heterocycles. The molecule has 3 aromatic rings. The Morgan fingerprint density at radius 3 is 2.67 bits per heavy atom. The summed E-state index contributed by atoms with van der Waals surface area (Å²) in [6, 6.07) is 17.4. The third kappa shape index (κ3) is 5.66. The average molecular weight is 381 g/mol. The SMILES string of the molecule is CC(C)CC(NC(=O)c1cccc(OCc2cscn2)c1)c1ccccc1. The summed E-state index contributed by atoms with van der Waals surface area (Å²) < 4.78 is 5.76. The summed E-state index contributed by atoms with van der Waals surface area (Å²) in [5.41, 5.74) is 4.38. The Labute approximate surface area is 164 Å². The predicted molar refractivity (Wildman–Crippen MR) is 109 cm³/mol. The Morgan fingerprint density at radius 1 is 1.15 bits per heavy atom. The van der Waals surface area contributed by atoms with Crippen LogP contribution in [0.1, 0.15) is 47.9 Å². The molecule has 4 nitrogen and oxygen atoms in total. The standard InChI is InChI=1S/C22H24N2O2S/c1-16(2)11-21(17-7-4-3-5-8-17)24-22(25)18-9-6-10-20(12-18)26-13-19-14-27-15-23-19/h3-10,12,14-16,21H,11,13H2,1-2H3,(H,24,25). The second-order valence-electron chi connectivity index (χ2n) is 6.86. The monoisotopic (exact) mass is 380 g/mol. The highest BCUT2D eigenvalue weighted by atomic mass is 32.1. The lowest BCUT2D eigenvalue weighted by Gasteiger charge is -2.21. The Balaban J connectivity index is 1.69. The number of nitrogens with zero attached hydrogens (tertiary/aromatic N) is 1. The van der Waals surface area contributed by atoms with Gasteiger partial charge in [0.15, 0.2) is 0 Å². The molecule has 3 rings (SSSR count). The zero-order valence-corrected chi connectivity index (χ0v) is 16.4. The number of carbonyl (C=O) groups is 1. The van der Waals surface area contributed by atoms with Gasteiger partial charge in [-0.1, -0.05) is 50.2 Å². The maximum Gasteiger partial charge on any atom is 0.251 e. The minimum Gasteiger partial charge on any atom is -0.487 e. The highest BCUT2D eigenvalue weighted by Gasteiger charge is 2.17. The molecule has 1 N–H and O–H groups in total. The topological polar surface area (TPSA) is 51.2 Å². The smallest absolute Gasteiger partial charge is 0.251 e. The van der Waals surface area contributed by atoms with Crippen molar-refractivity contribution in [2.45, 2.75) is 32.9 Å². The van der Waals surface area contributed by atoms with Gasteiger partial charge in [0, 0.05) is 10.9 Å². The van der Waals surface area contributed by atoms with E-state index < -0.39 is 0 Å². The van der Waals surface area contributed by atoms with Crippen molar-refractivity contribution in [3.63, 3.8) is 0 Å². The summed E-state index contributed by atoms with van der Waals surface area (Å²) >= 11 is 1.54. The number of thiazole rings is 1. The zero-order valence-electron chi connectivity index (χ0n) is 15.6. The van der Waals surface area contributed by atoms with Gasteiger partial charge in [0.1, 0.15) is 12.4 Å². The van der Waals surface area contributed by atoms with Crippen LogP contribution in [0.15, 0.2) is 65.5 Å². The molecule has 2 aromatic carbocycles. The molecule has 0 radical (unpaired) electrons. The van der Waals surface area contributed by atoms with E-state index in [-0.39, 0.29) is 11.9 Å². The first-order valence-corrected chi connectivity index (χ1v) is 10.0. The quantitative estimate of drug-likeness (QED) is 0.581. The van der Waals surface area contributed by atoms with Crippen LogP contribution in [-0.2, 0) is 6.61 Å². The van der Waals surface area contributed by atoms with Crippen molar-refractivity contribution < 1.29 is 9.53 Å². The van der Waals surface area contributed by atoms with Crippen molar-refractivity contribution in [2.24, 2.45) is 5.92 Å². The molecule has 0 saturated carbocycles. The van der Waals surface area contributed by atoms with Gasteiger partial charge in [0.2, 0.25) is 0 Å². The number of ether oxygens (including phenoxy) is 1. The van der Waals surface area contributed by atoms with E-state index in [1.165, 1.54) is 11.3 Å². The number of amides is 1. The summed E-state index contributed by atoms with van der Waals surface area (Å²) in [4.78, 5) is 17.0. The largest absolute Gasteiger partial charge is 0.487 e. The molecular formula is C22H24N2O2S. The van der Waals surface area contributed by atoms with E-state index in [1.54, 1.807) is 11.6 Å². The number of aromatic nitrogens is 1. The summed E-state index contributed by atoms with van der Waals surface area (Å²) in [7, 11) is 0. The van der Waals surface area contributed by atoms with Gasteiger partial charge in [0.25, 0.3) is 5.91 Å². The molecule has 0 fully saturated rings. The second kappa shape index (κ2) is 9.33. The third-order valence-corrected chi connectivity index (χ3v) is 4.82. The van der Waals surface area contributed by atoms with Crippen LogP contribution in [0.5, 0.6) is 5.75 Å². The van der Waals surface area contributed by atoms with Gasteiger partial charge >= 0.3 is 0 Å². The van der Waals surface area contributed by atoms with Gasteiger partial charge in [-0.2, -0.15) is 0 Å². The summed E-state index contributed by atoms with van der Waals surface area (Å²) in [5.74, 6) is 1.04. The molecule has 0 aliphatic heterocycles. The van der Waals surface area contributed by atoms with Crippen LogP contribution in [-0.4, -0.2) is 10.9 Å². The Bertz CT molecular complexity index is 848. The van der Waals surface area contributed by atoms with Gasteiger partial charge in [-0.05, 0) is 36.1 Å². The summed E-state index contributed by atoms with van der Waals surface area (Å²) in [6.07, 6.45) is 0.885. The van der Waals surface area contributed by atoms with E-state index in [0.717, 1.165) is 17.7 Å². The number of rotatable bonds is 8. The Kier molecular flexibility index (Phi) is 6.60. The first-order valence-electron chi connectivity index (χ1n) is 9.07. The van der Waals surface area contributed by atoms with Crippen molar-refractivity contribution in [3.05, 3.63) is 82.3 Å². The van der Waals surface area contributed by atoms with E-state index in [4.69, 9.17) is 4.74 Å². The number of carbonyl (C=O) groups excluding carboxylic acids is 1. The lowest BCUT2D eigenvalue weighted by atomic mass is 9.96. The lowest BCUT2D eigenvalue weighted by Crippen LogP contribution is -2.29. The average Bonchev–Trinajstić information content (AvgIpc) is 3.20. The molecule has 0 aliphatic carbocycles. The fourth-order valence-corrected chi connectivity index (χ4v) is 3.41. The zero-order chi connectivity index (χ0) is 19.1. The molecule has 0 bridgehead atoms. The van der Waals surface area contributed by atoms with E-state index >= 15 is 0 Å². The number of hydrogen-bond donors (Lipinski definition) is 1. The minimum absolute atomic E-state index is 0.0155. The lowest BCUT2D eigenvalue weighted by molar-refractivity contribution is 0.0931. The molecule has 1 amide bonds. The molecule has 0 aliphatic rings. The van der Waals surface area contributed by atoms with Gasteiger partial charge < -0.3 is 10.1 Å².